The first-order chi connectivity index (χ1) is 11.3. The Morgan fingerprint density at radius 1 is 1.33 bits per heavy atom. The highest BCUT2D eigenvalue weighted by Gasteiger charge is 2.36. The molecule has 6 nitrogen and oxygen atoms in total. The average molecular weight is 400 g/mol. The van der Waals surface area contributed by atoms with Crippen molar-refractivity contribution in [1.29, 1.82) is 0 Å². The lowest BCUT2D eigenvalue weighted by Gasteiger charge is -2.11. The van der Waals surface area contributed by atoms with Crippen LogP contribution in [0.4, 0.5) is 24.8 Å². The first kappa shape index (κ1) is 16.2. The van der Waals surface area contributed by atoms with Crippen LogP contribution in [0.2, 0.25) is 0 Å². The van der Waals surface area contributed by atoms with E-state index in [1.165, 1.54) is 6.20 Å². The fourth-order valence-electron chi connectivity index (χ4n) is 2.34. The number of H-pyrrole nitrogens is 1. The first-order valence-electron chi connectivity index (χ1n) is 6.52. The number of alkyl halides is 3. The Balaban J connectivity index is 2.27. The summed E-state index contributed by atoms with van der Waals surface area (Å²) in [6.45, 7) is 0. The molecule has 0 aliphatic heterocycles. The summed E-state index contributed by atoms with van der Waals surface area (Å²) in [6, 6.07) is 3.15. The van der Waals surface area contributed by atoms with Crippen LogP contribution in [0.25, 0.3) is 22.2 Å². The van der Waals surface area contributed by atoms with Gasteiger partial charge in [0.25, 0.3) is 0 Å². The highest BCUT2D eigenvalue weighted by Crippen LogP contribution is 2.40. The van der Waals surface area contributed by atoms with Gasteiger partial charge in [0.1, 0.15) is 5.56 Å². The van der Waals surface area contributed by atoms with Crippen molar-refractivity contribution in [3.05, 3.63) is 34.6 Å². The van der Waals surface area contributed by atoms with Gasteiger partial charge < -0.3 is 16.0 Å². The summed E-state index contributed by atoms with van der Waals surface area (Å²) in [5.41, 5.74) is 5.38. The van der Waals surface area contributed by atoms with Crippen LogP contribution >= 0.6 is 15.9 Å². The summed E-state index contributed by atoms with van der Waals surface area (Å²) in [6.07, 6.45) is -2.06. The minimum atomic E-state index is -4.62. The minimum absolute atomic E-state index is 0.227. The fourth-order valence-corrected chi connectivity index (χ4v) is 2.92. The molecule has 0 fully saturated rings. The maximum absolute atomic E-state index is 13.2. The maximum atomic E-state index is 13.2. The molecule has 1 amide bonds. The summed E-state index contributed by atoms with van der Waals surface area (Å²) in [4.78, 5) is 20.7. The van der Waals surface area contributed by atoms with Crippen molar-refractivity contribution < 1.29 is 18.0 Å². The van der Waals surface area contributed by atoms with Crippen molar-refractivity contribution in [2.45, 2.75) is 6.18 Å². The molecule has 2 heterocycles. The molecule has 3 rings (SSSR count). The van der Waals surface area contributed by atoms with Crippen LogP contribution in [-0.4, -0.2) is 21.4 Å². The highest BCUT2D eigenvalue weighted by molar-refractivity contribution is 9.10. The van der Waals surface area contributed by atoms with E-state index in [2.05, 4.69) is 36.2 Å². The molecule has 0 saturated heterocycles. The van der Waals surface area contributed by atoms with Gasteiger partial charge >= 0.3 is 6.18 Å². The van der Waals surface area contributed by atoms with Gasteiger partial charge in [0.15, 0.2) is 0 Å². The van der Waals surface area contributed by atoms with Gasteiger partial charge in [-0.1, -0.05) is 6.07 Å². The largest absolute Gasteiger partial charge is 0.419 e. The average Bonchev–Trinajstić information content (AvgIpc) is 2.93. The number of fused-ring (bicyclic) bond motifs is 1. The second-order valence-corrected chi connectivity index (χ2v) is 5.60. The van der Waals surface area contributed by atoms with E-state index >= 15 is 0 Å². The van der Waals surface area contributed by atoms with E-state index in [-0.39, 0.29) is 17.2 Å². The summed E-state index contributed by atoms with van der Waals surface area (Å²) < 4.78 is 40.2. The molecule has 0 atom stereocenters. The predicted octanol–water partition coefficient (Wildman–Crippen LogP) is 3.56. The minimum Gasteiger partial charge on any atom is -0.368 e. The van der Waals surface area contributed by atoms with E-state index < -0.39 is 11.7 Å². The van der Waals surface area contributed by atoms with Crippen LogP contribution in [0.15, 0.2) is 29.0 Å². The number of nitrogens with zero attached hydrogens (tertiary/aromatic N) is 2. The van der Waals surface area contributed by atoms with Gasteiger partial charge in [0.05, 0.1) is 21.4 Å². The molecule has 4 N–H and O–H groups in total. The number of rotatable bonds is 3. The number of carbonyl (C=O) groups excluding carboxylic acids is 1. The van der Waals surface area contributed by atoms with Crippen molar-refractivity contribution >= 4 is 44.9 Å². The molecule has 0 radical (unpaired) electrons. The summed E-state index contributed by atoms with van der Waals surface area (Å²) in [5.74, 6) is -0.259. The Hall–Kier alpha value is -2.62. The highest BCUT2D eigenvalue weighted by atomic mass is 79.9. The molecule has 0 bridgehead atoms. The molecule has 2 aromatic heterocycles. The Morgan fingerprint density at radius 3 is 2.75 bits per heavy atom. The Bertz CT molecular complexity index is 938. The number of amides is 1. The van der Waals surface area contributed by atoms with E-state index in [4.69, 9.17) is 5.73 Å². The molecule has 24 heavy (non-hydrogen) atoms. The molecule has 0 aliphatic rings. The summed E-state index contributed by atoms with van der Waals surface area (Å²) in [5, 5.41) is 2.98. The number of hydrogen-bond acceptors (Lipinski definition) is 4. The number of halogens is 4. The van der Waals surface area contributed by atoms with Crippen molar-refractivity contribution in [2.24, 2.45) is 0 Å². The van der Waals surface area contributed by atoms with Gasteiger partial charge in [-0.05, 0) is 22.0 Å². The molecule has 0 saturated carbocycles. The van der Waals surface area contributed by atoms with Crippen LogP contribution in [0.1, 0.15) is 5.56 Å². The van der Waals surface area contributed by atoms with Crippen LogP contribution in [0, 0.1) is 0 Å². The zero-order chi connectivity index (χ0) is 17.5. The number of nitrogens with one attached hydrogen (secondary N) is 2. The lowest BCUT2D eigenvalue weighted by atomic mass is 10.1. The standard InChI is InChI=1S/C14H9BrF3N5O/c15-10-9(22-5-24)2-1-6-7(3-20-12(6)10)11-8(14(16,17)18)4-21-13(19)23-11/h1-5,20H,(H,22,24)(H2,19,21,23). The third kappa shape index (κ3) is 2.68. The van der Waals surface area contributed by atoms with Crippen LogP contribution in [0.5, 0.6) is 0 Å². The molecule has 124 valence electrons. The van der Waals surface area contributed by atoms with Crippen molar-refractivity contribution in [3.8, 4) is 11.3 Å². The van der Waals surface area contributed by atoms with Crippen molar-refractivity contribution in [1.82, 2.24) is 15.0 Å². The Kier molecular flexibility index (Phi) is 3.91. The van der Waals surface area contributed by atoms with E-state index in [0.29, 0.717) is 33.7 Å². The van der Waals surface area contributed by atoms with Gasteiger partial charge in [0, 0.05) is 23.3 Å². The number of carbonyl (C=O) groups is 1. The van der Waals surface area contributed by atoms with E-state index in [0.717, 1.165) is 0 Å². The quantitative estimate of drug-likeness (QED) is 0.586. The number of anilines is 2. The van der Waals surface area contributed by atoms with Crippen LogP contribution in [-0.2, 0) is 11.0 Å². The number of nitrogens with two attached hydrogens (primary N) is 1. The van der Waals surface area contributed by atoms with E-state index in [1.54, 1.807) is 12.1 Å². The number of hydrogen-bond donors (Lipinski definition) is 3. The topological polar surface area (TPSA) is 96.7 Å². The molecular formula is C14H9BrF3N5O. The lowest BCUT2D eigenvalue weighted by Crippen LogP contribution is -2.10. The van der Waals surface area contributed by atoms with E-state index in [1.807, 2.05) is 0 Å². The third-order valence-electron chi connectivity index (χ3n) is 3.38. The van der Waals surface area contributed by atoms with Gasteiger partial charge in [-0.25, -0.2) is 9.97 Å². The van der Waals surface area contributed by atoms with Gasteiger partial charge in [0.2, 0.25) is 12.4 Å². The second kappa shape index (κ2) is 5.78. The monoisotopic (exact) mass is 399 g/mol. The SMILES string of the molecule is Nc1ncc(C(F)(F)F)c(-c2c[nH]c3c(Br)c(NC=O)ccc23)n1. The van der Waals surface area contributed by atoms with Crippen LogP contribution < -0.4 is 11.1 Å². The normalized spacial score (nSPS) is 11.7. The molecule has 0 spiro atoms. The molecule has 0 aliphatic carbocycles. The summed E-state index contributed by atoms with van der Waals surface area (Å²) in [7, 11) is 0. The molecular weight excluding hydrogens is 391 g/mol. The number of aromatic amines is 1. The maximum Gasteiger partial charge on any atom is 0.419 e. The Labute approximate surface area is 141 Å². The number of aromatic nitrogens is 3. The van der Waals surface area contributed by atoms with Gasteiger partial charge in [-0.3, -0.25) is 4.79 Å². The predicted molar refractivity (Wildman–Crippen MR) is 86.1 cm³/mol. The number of benzene rings is 1. The second-order valence-electron chi connectivity index (χ2n) is 4.80. The molecule has 3 aromatic rings. The van der Waals surface area contributed by atoms with Gasteiger partial charge in [-0.2, -0.15) is 13.2 Å². The number of nitrogen functional groups attached to an aromatic ring is 1. The summed E-state index contributed by atoms with van der Waals surface area (Å²) >= 11 is 3.31. The molecule has 1 aromatic carbocycles. The third-order valence-corrected chi connectivity index (χ3v) is 4.20. The smallest absolute Gasteiger partial charge is 0.368 e. The van der Waals surface area contributed by atoms with E-state index in [9.17, 15) is 18.0 Å². The molecule has 0 unspecified atom stereocenters. The zero-order valence-corrected chi connectivity index (χ0v) is 13.4. The first-order valence-corrected chi connectivity index (χ1v) is 7.32. The Morgan fingerprint density at radius 2 is 2.08 bits per heavy atom. The van der Waals surface area contributed by atoms with Crippen molar-refractivity contribution in [2.75, 3.05) is 11.1 Å². The van der Waals surface area contributed by atoms with Gasteiger partial charge in [-0.15, -0.1) is 0 Å². The molecule has 10 heteroatoms. The van der Waals surface area contributed by atoms with Crippen molar-refractivity contribution in [3.63, 3.8) is 0 Å². The zero-order valence-electron chi connectivity index (χ0n) is 11.8. The lowest BCUT2D eigenvalue weighted by molar-refractivity contribution is -0.137. The van der Waals surface area contributed by atoms with Crippen LogP contribution in [0.3, 0.4) is 0 Å². The fraction of sp³-hybridized carbons (Fsp3) is 0.0714.